The molecule has 2 aliphatic rings. The van der Waals surface area contributed by atoms with Crippen molar-refractivity contribution in [3.63, 3.8) is 0 Å². The SMILES string of the molecule is CC[C@]1(c2ccccc2)NC(=O)N(NC(=O)CCC(=O)N2CCOCC2)C1=O. The number of amides is 5. The maximum absolute atomic E-state index is 12.9. The zero-order valence-corrected chi connectivity index (χ0v) is 15.8. The molecule has 3 rings (SSSR count). The fraction of sp³-hybridized carbons (Fsp3) is 0.474. The summed E-state index contributed by atoms with van der Waals surface area (Å²) in [5.74, 6) is -1.26. The van der Waals surface area contributed by atoms with E-state index in [2.05, 4.69) is 10.7 Å². The second-order valence-corrected chi connectivity index (χ2v) is 6.72. The molecule has 1 aromatic rings. The van der Waals surface area contributed by atoms with E-state index >= 15 is 0 Å². The molecule has 0 unspecified atom stereocenters. The molecule has 2 heterocycles. The summed E-state index contributed by atoms with van der Waals surface area (Å²) in [6.45, 7) is 3.77. The van der Waals surface area contributed by atoms with Crippen LogP contribution in [0, 0.1) is 0 Å². The van der Waals surface area contributed by atoms with Crippen molar-refractivity contribution in [2.24, 2.45) is 0 Å². The highest BCUT2D eigenvalue weighted by Gasteiger charge is 2.52. The van der Waals surface area contributed by atoms with Crippen LogP contribution < -0.4 is 10.7 Å². The molecule has 2 fully saturated rings. The molecule has 9 heteroatoms. The molecular formula is C19H24N4O5. The number of hydrogen-bond donors (Lipinski definition) is 2. The summed E-state index contributed by atoms with van der Waals surface area (Å²) in [5, 5.41) is 3.40. The molecule has 0 saturated carbocycles. The third kappa shape index (κ3) is 3.84. The first-order chi connectivity index (χ1) is 13.5. The molecule has 28 heavy (non-hydrogen) atoms. The van der Waals surface area contributed by atoms with Crippen LogP contribution >= 0.6 is 0 Å². The number of carbonyl (C=O) groups is 4. The zero-order chi connectivity index (χ0) is 20.1. The van der Waals surface area contributed by atoms with E-state index in [1.165, 1.54) is 0 Å². The van der Waals surface area contributed by atoms with Crippen molar-refractivity contribution in [1.29, 1.82) is 0 Å². The first kappa shape index (κ1) is 19.8. The molecule has 2 aliphatic heterocycles. The summed E-state index contributed by atoms with van der Waals surface area (Å²) in [5.41, 5.74) is 1.77. The number of imide groups is 1. The van der Waals surface area contributed by atoms with Gasteiger partial charge in [-0.1, -0.05) is 37.3 Å². The average molecular weight is 388 g/mol. The Morgan fingerprint density at radius 1 is 1.14 bits per heavy atom. The Bertz CT molecular complexity index is 763. The maximum atomic E-state index is 12.9. The van der Waals surface area contributed by atoms with Crippen molar-refractivity contribution in [2.45, 2.75) is 31.7 Å². The van der Waals surface area contributed by atoms with Crippen LogP contribution in [-0.2, 0) is 24.7 Å². The van der Waals surface area contributed by atoms with Crippen molar-refractivity contribution in [2.75, 3.05) is 26.3 Å². The molecule has 0 spiro atoms. The quantitative estimate of drug-likeness (QED) is 0.691. The van der Waals surface area contributed by atoms with Gasteiger partial charge in [0.1, 0.15) is 5.54 Å². The lowest BCUT2D eigenvalue weighted by Gasteiger charge is -2.27. The monoisotopic (exact) mass is 388 g/mol. The van der Waals surface area contributed by atoms with Gasteiger partial charge < -0.3 is 15.0 Å². The van der Waals surface area contributed by atoms with Gasteiger partial charge in [-0.25, -0.2) is 4.79 Å². The van der Waals surface area contributed by atoms with E-state index in [0.29, 0.717) is 43.3 Å². The van der Waals surface area contributed by atoms with Crippen LogP contribution in [-0.4, -0.2) is 60.0 Å². The number of nitrogens with zero attached hydrogens (tertiary/aromatic N) is 2. The van der Waals surface area contributed by atoms with Gasteiger partial charge in [-0.15, -0.1) is 0 Å². The minimum absolute atomic E-state index is 0.00703. The lowest BCUT2D eigenvalue weighted by atomic mass is 9.87. The molecule has 5 amide bonds. The first-order valence-electron chi connectivity index (χ1n) is 9.35. The van der Waals surface area contributed by atoms with Gasteiger partial charge in [0.2, 0.25) is 11.8 Å². The molecule has 0 aliphatic carbocycles. The van der Waals surface area contributed by atoms with Gasteiger partial charge in [-0.05, 0) is 12.0 Å². The molecule has 2 N–H and O–H groups in total. The summed E-state index contributed by atoms with van der Waals surface area (Å²) in [4.78, 5) is 51.3. The fourth-order valence-corrected chi connectivity index (χ4v) is 3.41. The molecule has 0 bridgehead atoms. The molecule has 1 atom stereocenters. The van der Waals surface area contributed by atoms with E-state index in [1.54, 1.807) is 36.1 Å². The van der Waals surface area contributed by atoms with Crippen LogP contribution in [0.4, 0.5) is 4.79 Å². The number of urea groups is 1. The van der Waals surface area contributed by atoms with Crippen LogP contribution in [0.15, 0.2) is 30.3 Å². The summed E-state index contributed by atoms with van der Waals surface area (Å²) in [6.07, 6.45) is 0.230. The van der Waals surface area contributed by atoms with E-state index in [-0.39, 0.29) is 18.7 Å². The molecule has 150 valence electrons. The molecule has 2 saturated heterocycles. The van der Waals surface area contributed by atoms with Crippen molar-refractivity contribution < 1.29 is 23.9 Å². The Morgan fingerprint density at radius 3 is 2.46 bits per heavy atom. The van der Waals surface area contributed by atoms with E-state index in [0.717, 1.165) is 0 Å². The second-order valence-electron chi connectivity index (χ2n) is 6.72. The molecule has 0 radical (unpaired) electrons. The van der Waals surface area contributed by atoms with E-state index in [9.17, 15) is 19.2 Å². The van der Waals surface area contributed by atoms with Gasteiger partial charge in [-0.3, -0.25) is 19.8 Å². The summed E-state index contributed by atoms with van der Waals surface area (Å²) in [6, 6.07) is 8.21. The number of hydrazine groups is 1. The van der Waals surface area contributed by atoms with Gasteiger partial charge in [0.25, 0.3) is 5.91 Å². The highest BCUT2D eigenvalue weighted by atomic mass is 16.5. The normalized spacial score (nSPS) is 22.2. The van der Waals surface area contributed by atoms with Crippen molar-refractivity contribution in [3.8, 4) is 0 Å². The standard InChI is InChI=1S/C19H24N4O5/c1-2-19(14-6-4-3-5-7-14)17(26)23(18(27)20-19)21-15(24)8-9-16(25)22-10-12-28-13-11-22/h3-7H,2,8-13H2,1H3,(H,20,27)(H,21,24)/t19-/m1/s1. The number of morpholine rings is 1. The Hall–Kier alpha value is -2.94. The second kappa shape index (κ2) is 8.39. The number of benzene rings is 1. The minimum atomic E-state index is -1.21. The topological polar surface area (TPSA) is 108 Å². The summed E-state index contributed by atoms with van der Waals surface area (Å²) in [7, 11) is 0. The fourth-order valence-electron chi connectivity index (χ4n) is 3.41. The van der Waals surface area contributed by atoms with E-state index in [4.69, 9.17) is 4.74 Å². The predicted octanol–water partition coefficient (Wildman–Crippen LogP) is 0.514. The largest absolute Gasteiger partial charge is 0.378 e. The van der Waals surface area contributed by atoms with Gasteiger partial charge in [0.15, 0.2) is 0 Å². The zero-order valence-electron chi connectivity index (χ0n) is 15.8. The molecule has 1 aromatic carbocycles. The number of nitrogens with one attached hydrogen (secondary N) is 2. The first-order valence-corrected chi connectivity index (χ1v) is 9.35. The third-order valence-corrected chi connectivity index (χ3v) is 5.05. The highest BCUT2D eigenvalue weighted by Crippen LogP contribution is 2.31. The van der Waals surface area contributed by atoms with E-state index in [1.807, 2.05) is 6.07 Å². The Kier molecular flexibility index (Phi) is 5.93. The maximum Gasteiger partial charge on any atom is 0.344 e. The van der Waals surface area contributed by atoms with Gasteiger partial charge in [0.05, 0.1) is 13.2 Å². The Balaban J connectivity index is 1.61. The van der Waals surface area contributed by atoms with Crippen LogP contribution in [0.25, 0.3) is 0 Å². The number of ether oxygens (including phenoxy) is 1. The van der Waals surface area contributed by atoms with Crippen molar-refractivity contribution in [3.05, 3.63) is 35.9 Å². The molecular weight excluding hydrogens is 364 g/mol. The number of carbonyl (C=O) groups excluding carboxylic acids is 4. The van der Waals surface area contributed by atoms with Gasteiger partial charge in [-0.2, -0.15) is 5.01 Å². The molecule has 0 aromatic heterocycles. The Labute approximate surface area is 163 Å². The van der Waals surface area contributed by atoms with Gasteiger partial charge >= 0.3 is 6.03 Å². The lowest BCUT2D eigenvalue weighted by molar-refractivity contribution is -0.141. The summed E-state index contributed by atoms with van der Waals surface area (Å²) < 4.78 is 5.19. The van der Waals surface area contributed by atoms with Crippen LogP contribution in [0.2, 0.25) is 0 Å². The lowest BCUT2D eigenvalue weighted by Crippen LogP contribution is -2.48. The number of hydrogen-bond acceptors (Lipinski definition) is 5. The van der Waals surface area contributed by atoms with Crippen LogP contribution in [0.5, 0.6) is 0 Å². The average Bonchev–Trinajstić information content (AvgIpc) is 2.98. The van der Waals surface area contributed by atoms with Crippen molar-refractivity contribution >= 4 is 23.8 Å². The third-order valence-electron chi connectivity index (χ3n) is 5.05. The van der Waals surface area contributed by atoms with Crippen molar-refractivity contribution in [1.82, 2.24) is 20.7 Å². The predicted molar refractivity (Wildman–Crippen MR) is 98.6 cm³/mol. The van der Waals surface area contributed by atoms with Crippen LogP contribution in [0.1, 0.15) is 31.7 Å². The molecule has 9 nitrogen and oxygen atoms in total. The smallest absolute Gasteiger partial charge is 0.344 e. The van der Waals surface area contributed by atoms with E-state index < -0.39 is 23.4 Å². The minimum Gasteiger partial charge on any atom is -0.378 e. The van der Waals surface area contributed by atoms with Crippen LogP contribution in [0.3, 0.4) is 0 Å². The summed E-state index contributed by atoms with van der Waals surface area (Å²) >= 11 is 0. The number of rotatable bonds is 6. The Morgan fingerprint density at radius 2 is 1.82 bits per heavy atom. The highest BCUT2D eigenvalue weighted by molar-refractivity contribution is 6.08. The van der Waals surface area contributed by atoms with Gasteiger partial charge in [0, 0.05) is 25.9 Å².